The summed E-state index contributed by atoms with van der Waals surface area (Å²) in [6.07, 6.45) is 0. The molecule has 4 nitrogen and oxygen atoms in total. The summed E-state index contributed by atoms with van der Waals surface area (Å²) in [4.78, 5) is 11.4. The van der Waals surface area contributed by atoms with Crippen LogP contribution in [0.4, 0.5) is 5.69 Å². The first-order valence-electron chi connectivity index (χ1n) is 5.15. The second-order valence-electron chi connectivity index (χ2n) is 3.75. The lowest BCUT2D eigenvalue weighted by atomic mass is 10.2. The van der Waals surface area contributed by atoms with E-state index < -0.39 is 6.87 Å². The third-order valence-corrected chi connectivity index (χ3v) is 4.47. The predicted molar refractivity (Wildman–Crippen MR) is 65.9 cm³/mol. The molecule has 0 amide bonds. The maximum atomic E-state index is 11.2. The molecule has 1 aromatic rings. The highest BCUT2D eigenvalue weighted by Gasteiger charge is 2.28. The first-order chi connectivity index (χ1) is 7.57. The fraction of sp³-hybridized carbons (Fsp3) is 0.400. The van der Waals surface area contributed by atoms with Crippen molar-refractivity contribution < 1.29 is 9.46 Å². The van der Waals surface area contributed by atoms with Crippen LogP contribution in [-0.2, 0) is 4.57 Å². The molecule has 0 saturated carbocycles. The van der Waals surface area contributed by atoms with Crippen LogP contribution in [0.5, 0.6) is 0 Å². The van der Waals surface area contributed by atoms with Gasteiger partial charge in [-0.2, -0.15) is 0 Å². The predicted octanol–water partition coefficient (Wildman–Crippen LogP) is 2.15. The topological polar surface area (TPSA) is 43.8 Å². The van der Waals surface area contributed by atoms with Gasteiger partial charge in [0.05, 0.1) is 0 Å². The first kappa shape index (κ1) is 11.9. The second-order valence-corrected chi connectivity index (χ2v) is 6.58. The summed E-state index contributed by atoms with van der Waals surface area (Å²) >= 11 is 5.42. The number of rotatable bonds is 2. The molecular weight excluding hydrogens is 247 g/mol. The number of benzene rings is 1. The van der Waals surface area contributed by atoms with Gasteiger partial charge in [0.25, 0.3) is 0 Å². The van der Waals surface area contributed by atoms with Gasteiger partial charge in [-0.3, -0.25) is 4.57 Å². The molecule has 1 saturated heterocycles. The van der Waals surface area contributed by atoms with E-state index in [2.05, 4.69) is 4.90 Å². The van der Waals surface area contributed by atoms with E-state index in [0.29, 0.717) is 13.1 Å². The van der Waals surface area contributed by atoms with Crippen LogP contribution in [-0.4, -0.2) is 35.7 Å². The van der Waals surface area contributed by atoms with Gasteiger partial charge in [0.15, 0.2) is 0 Å². The molecule has 0 radical (unpaired) electrons. The molecule has 6 heteroatoms. The van der Waals surface area contributed by atoms with E-state index in [9.17, 15) is 9.46 Å². The molecule has 0 aliphatic carbocycles. The minimum atomic E-state index is -3.58. The van der Waals surface area contributed by atoms with E-state index in [0.717, 1.165) is 18.8 Å². The van der Waals surface area contributed by atoms with Crippen LogP contribution in [0.15, 0.2) is 30.3 Å². The van der Waals surface area contributed by atoms with Crippen molar-refractivity contribution in [1.29, 1.82) is 0 Å². The van der Waals surface area contributed by atoms with Crippen LogP contribution in [0.2, 0.25) is 0 Å². The highest BCUT2D eigenvalue weighted by molar-refractivity contribution is 7.82. The van der Waals surface area contributed by atoms with Crippen molar-refractivity contribution in [3.05, 3.63) is 30.3 Å². The molecule has 1 fully saturated rings. The Morgan fingerprint density at radius 3 is 2.19 bits per heavy atom. The smallest absolute Gasteiger partial charge is 0.360 e. The Labute approximate surface area is 99.7 Å². The molecule has 1 unspecified atom stereocenters. The third-order valence-electron chi connectivity index (χ3n) is 2.73. The Hall–Kier alpha value is -0.540. The Morgan fingerprint density at radius 1 is 1.12 bits per heavy atom. The van der Waals surface area contributed by atoms with E-state index in [1.54, 1.807) is 0 Å². The largest absolute Gasteiger partial charge is 0.369 e. The summed E-state index contributed by atoms with van der Waals surface area (Å²) in [6, 6.07) is 10.0. The van der Waals surface area contributed by atoms with Crippen molar-refractivity contribution in [1.82, 2.24) is 4.67 Å². The summed E-state index contributed by atoms with van der Waals surface area (Å²) < 4.78 is 12.7. The van der Waals surface area contributed by atoms with Gasteiger partial charge in [0.1, 0.15) is 0 Å². The van der Waals surface area contributed by atoms with Crippen molar-refractivity contribution in [3.8, 4) is 0 Å². The molecule has 0 aromatic heterocycles. The van der Waals surface area contributed by atoms with E-state index in [1.165, 1.54) is 4.67 Å². The Balaban J connectivity index is 1.98. The minimum absolute atomic E-state index is 0.520. The molecule has 1 aliphatic heterocycles. The van der Waals surface area contributed by atoms with Crippen molar-refractivity contribution in [2.45, 2.75) is 0 Å². The lowest BCUT2D eigenvalue weighted by Crippen LogP contribution is -2.44. The summed E-state index contributed by atoms with van der Waals surface area (Å²) in [5.74, 6) is 0. The highest BCUT2D eigenvalue weighted by Crippen LogP contribution is 2.50. The summed E-state index contributed by atoms with van der Waals surface area (Å²) in [5, 5.41) is 0. The molecule has 1 atom stereocenters. The summed E-state index contributed by atoms with van der Waals surface area (Å²) in [6.45, 7) is -1.09. The Morgan fingerprint density at radius 2 is 1.69 bits per heavy atom. The molecule has 1 heterocycles. The van der Waals surface area contributed by atoms with E-state index in [4.69, 9.17) is 11.2 Å². The van der Waals surface area contributed by atoms with Crippen molar-refractivity contribution in [3.63, 3.8) is 0 Å². The average Bonchev–Trinajstić information content (AvgIpc) is 2.29. The van der Waals surface area contributed by atoms with E-state index in [1.807, 2.05) is 30.3 Å². The zero-order chi connectivity index (χ0) is 11.6. The van der Waals surface area contributed by atoms with Gasteiger partial charge in [-0.15, -0.1) is 0 Å². The second kappa shape index (κ2) is 4.76. The van der Waals surface area contributed by atoms with Gasteiger partial charge < -0.3 is 9.79 Å². The van der Waals surface area contributed by atoms with Gasteiger partial charge in [-0.25, -0.2) is 4.67 Å². The lowest BCUT2D eigenvalue weighted by molar-refractivity contribution is 0.343. The maximum Gasteiger partial charge on any atom is 0.360 e. The molecule has 88 valence electrons. The number of anilines is 1. The van der Waals surface area contributed by atoms with Gasteiger partial charge >= 0.3 is 6.87 Å². The Kier molecular flexibility index (Phi) is 3.55. The summed E-state index contributed by atoms with van der Waals surface area (Å²) in [7, 11) is 0. The standard InChI is InChI=1S/C10H14ClN2O2P/c11-16(14,15)13-8-6-12(7-9-13)10-4-2-1-3-5-10/h1-5H,6-9H2,(H,14,15). The van der Waals surface area contributed by atoms with E-state index >= 15 is 0 Å². The van der Waals surface area contributed by atoms with Gasteiger partial charge in [0, 0.05) is 31.9 Å². The van der Waals surface area contributed by atoms with Crippen LogP contribution < -0.4 is 4.90 Å². The molecule has 1 aliphatic rings. The lowest BCUT2D eigenvalue weighted by Gasteiger charge is -2.35. The third kappa shape index (κ3) is 2.77. The van der Waals surface area contributed by atoms with Crippen molar-refractivity contribution >= 4 is 23.8 Å². The van der Waals surface area contributed by atoms with Crippen LogP contribution in [0, 0.1) is 0 Å². The van der Waals surface area contributed by atoms with E-state index in [-0.39, 0.29) is 0 Å². The maximum absolute atomic E-state index is 11.2. The van der Waals surface area contributed by atoms with Crippen molar-refractivity contribution in [2.24, 2.45) is 0 Å². The SMILES string of the molecule is O=P(O)(Cl)N1CCN(c2ccccc2)CC1. The van der Waals surface area contributed by atoms with Crippen LogP contribution in [0.25, 0.3) is 0 Å². The monoisotopic (exact) mass is 260 g/mol. The number of hydrogen-bond donors (Lipinski definition) is 1. The molecule has 0 spiro atoms. The molecule has 16 heavy (non-hydrogen) atoms. The zero-order valence-corrected chi connectivity index (χ0v) is 10.4. The quantitative estimate of drug-likeness (QED) is 0.828. The molecule has 1 aromatic carbocycles. The van der Waals surface area contributed by atoms with Crippen LogP contribution >= 0.6 is 18.1 Å². The molecule has 0 bridgehead atoms. The number of nitrogens with zero attached hydrogens (tertiary/aromatic N) is 2. The fourth-order valence-electron chi connectivity index (χ4n) is 1.84. The molecule has 2 rings (SSSR count). The number of piperazine rings is 1. The Bertz CT molecular complexity index is 387. The van der Waals surface area contributed by atoms with Gasteiger partial charge in [0.2, 0.25) is 0 Å². The van der Waals surface area contributed by atoms with Crippen molar-refractivity contribution in [2.75, 3.05) is 31.1 Å². The first-order valence-corrected chi connectivity index (χ1v) is 7.67. The van der Waals surface area contributed by atoms with Gasteiger partial charge in [-0.05, 0) is 23.4 Å². The molecule has 1 N–H and O–H groups in total. The highest BCUT2D eigenvalue weighted by atomic mass is 35.7. The normalized spacial score (nSPS) is 21.8. The van der Waals surface area contributed by atoms with Crippen LogP contribution in [0.3, 0.4) is 0 Å². The molecular formula is C10H14ClN2O2P. The average molecular weight is 261 g/mol. The zero-order valence-electron chi connectivity index (χ0n) is 8.79. The van der Waals surface area contributed by atoms with Gasteiger partial charge in [-0.1, -0.05) is 18.2 Å². The number of para-hydroxylation sites is 1. The number of halogens is 1. The fourth-order valence-corrected chi connectivity index (χ4v) is 2.97. The summed E-state index contributed by atoms with van der Waals surface area (Å²) in [5.41, 5.74) is 1.14. The number of hydrogen-bond acceptors (Lipinski definition) is 2. The van der Waals surface area contributed by atoms with Crippen LogP contribution in [0.1, 0.15) is 0 Å². The minimum Gasteiger partial charge on any atom is -0.369 e.